The zero-order valence-corrected chi connectivity index (χ0v) is 31.1. The van der Waals surface area contributed by atoms with Crippen LogP contribution < -0.4 is 0 Å². The smallest absolute Gasteiger partial charge is 0.308 e. The van der Waals surface area contributed by atoms with Gasteiger partial charge in [0, 0.05) is 40.2 Å². The van der Waals surface area contributed by atoms with Crippen LogP contribution in [-0.4, -0.2) is 79.4 Å². The van der Waals surface area contributed by atoms with Crippen molar-refractivity contribution in [1.82, 2.24) is 4.90 Å². The Morgan fingerprint density at radius 3 is 1.92 bits per heavy atom. The standard InChI is InChI=1S/C39H53NO10/c1-21-29-17-28-18-31(46-23(3)41)22(2)35(38(28,7)8)36(48-25(5)43)37(49-26(6)44)39(29,9)33(47-24(4)42)20-32(21)50-34(45)19-30(40(10)11)27-15-13-12-14-16-27/h12-16,28-33,36-37H,1,17-20H2,2-11H3/t28-,29-,30-,31+,32+,33+,36-,37+,39+/m1/s1. The molecule has 11 heteroatoms. The second-order valence-corrected chi connectivity index (χ2v) is 15.0. The van der Waals surface area contributed by atoms with Gasteiger partial charge in [0.05, 0.1) is 11.8 Å². The Bertz CT molecular complexity index is 1530. The van der Waals surface area contributed by atoms with Crippen molar-refractivity contribution >= 4 is 29.8 Å². The van der Waals surface area contributed by atoms with E-state index in [1.54, 1.807) is 0 Å². The number of ether oxygens (including phenoxy) is 5. The molecule has 0 amide bonds. The fourth-order valence-corrected chi connectivity index (χ4v) is 8.75. The Labute approximate surface area is 295 Å². The van der Waals surface area contributed by atoms with Gasteiger partial charge in [-0.05, 0) is 73.4 Å². The Hall–Kier alpha value is -3.99. The van der Waals surface area contributed by atoms with E-state index in [2.05, 4.69) is 6.58 Å². The van der Waals surface area contributed by atoms with Gasteiger partial charge < -0.3 is 28.6 Å². The normalized spacial score (nSPS) is 30.9. The van der Waals surface area contributed by atoms with Gasteiger partial charge in [-0.2, -0.15) is 0 Å². The van der Waals surface area contributed by atoms with Crippen molar-refractivity contribution in [1.29, 1.82) is 0 Å². The molecule has 11 nitrogen and oxygen atoms in total. The summed E-state index contributed by atoms with van der Waals surface area (Å²) in [6.07, 6.45) is -3.60. The van der Waals surface area contributed by atoms with Crippen LogP contribution in [0.1, 0.15) is 92.7 Å². The molecule has 274 valence electrons. The average molecular weight is 696 g/mol. The maximum Gasteiger partial charge on any atom is 0.308 e. The Morgan fingerprint density at radius 1 is 0.800 bits per heavy atom. The third-order valence-electron chi connectivity index (χ3n) is 11.2. The van der Waals surface area contributed by atoms with Crippen molar-refractivity contribution in [2.45, 2.75) is 118 Å². The molecular formula is C39H53NO10. The molecule has 3 aliphatic rings. The molecule has 2 fully saturated rings. The summed E-state index contributed by atoms with van der Waals surface area (Å²) in [5.74, 6) is -3.40. The van der Waals surface area contributed by atoms with Crippen molar-refractivity contribution in [3.05, 3.63) is 59.2 Å². The lowest BCUT2D eigenvalue weighted by Gasteiger charge is -2.59. The van der Waals surface area contributed by atoms with Gasteiger partial charge in [-0.25, -0.2) is 0 Å². The molecule has 0 aromatic heterocycles. The number of benzene rings is 1. The highest BCUT2D eigenvalue weighted by molar-refractivity contribution is 5.71. The number of rotatable bonds is 9. The van der Waals surface area contributed by atoms with E-state index in [9.17, 15) is 24.0 Å². The summed E-state index contributed by atoms with van der Waals surface area (Å²) >= 11 is 0. The molecule has 4 rings (SSSR count). The number of hydrogen-bond acceptors (Lipinski definition) is 11. The maximum absolute atomic E-state index is 13.7. The van der Waals surface area contributed by atoms with Gasteiger partial charge in [0.1, 0.15) is 18.3 Å². The van der Waals surface area contributed by atoms with Crippen LogP contribution in [-0.2, 0) is 47.7 Å². The van der Waals surface area contributed by atoms with Crippen LogP contribution in [0.15, 0.2) is 53.6 Å². The van der Waals surface area contributed by atoms with Crippen molar-refractivity contribution in [3.8, 4) is 0 Å². The highest BCUT2D eigenvalue weighted by atomic mass is 16.6. The van der Waals surface area contributed by atoms with Crippen molar-refractivity contribution < 1.29 is 47.7 Å². The highest BCUT2D eigenvalue weighted by Gasteiger charge is 2.64. The van der Waals surface area contributed by atoms with Gasteiger partial charge in [0.15, 0.2) is 12.2 Å². The molecule has 50 heavy (non-hydrogen) atoms. The molecule has 1 aromatic carbocycles. The van der Waals surface area contributed by atoms with E-state index in [1.165, 1.54) is 27.7 Å². The van der Waals surface area contributed by atoms with Gasteiger partial charge in [-0.1, -0.05) is 57.7 Å². The maximum atomic E-state index is 13.7. The number of esters is 5. The van der Waals surface area contributed by atoms with Crippen LogP contribution in [0.2, 0.25) is 0 Å². The zero-order chi connectivity index (χ0) is 37.3. The molecule has 1 aromatic rings. The number of fused-ring (bicyclic) bond motifs is 3. The van der Waals surface area contributed by atoms with E-state index in [4.69, 9.17) is 23.7 Å². The molecule has 0 unspecified atom stereocenters. The van der Waals surface area contributed by atoms with Gasteiger partial charge in [0.25, 0.3) is 0 Å². The van der Waals surface area contributed by atoms with Crippen LogP contribution >= 0.6 is 0 Å². The summed E-state index contributed by atoms with van der Waals surface area (Å²) < 4.78 is 30.4. The third-order valence-corrected chi connectivity index (χ3v) is 11.2. The van der Waals surface area contributed by atoms with Crippen molar-refractivity contribution in [3.63, 3.8) is 0 Å². The molecule has 0 radical (unpaired) electrons. The van der Waals surface area contributed by atoms with Gasteiger partial charge in [-0.3, -0.25) is 24.0 Å². The summed E-state index contributed by atoms with van der Waals surface area (Å²) in [7, 11) is 3.80. The molecule has 0 aliphatic heterocycles. The van der Waals surface area contributed by atoms with E-state index in [-0.39, 0.29) is 24.8 Å². The summed E-state index contributed by atoms with van der Waals surface area (Å²) in [4.78, 5) is 66.5. The Morgan fingerprint density at radius 2 is 1.38 bits per heavy atom. The molecular weight excluding hydrogens is 642 g/mol. The van der Waals surface area contributed by atoms with Gasteiger partial charge in [-0.15, -0.1) is 0 Å². The van der Waals surface area contributed by atoms with Crippen LogP contribution in [0, 0.1) is 22.7 Å². The molecule has 9 atom stereocenters. The minimum atomic E-state index is -1.18. The number of carbonyl (C=O) groups is 5. The van der Waals surface area contributed by atoms with E-state index in [0.29, 0.717) is 29.6 Å². The first-order chi connectivity index (χ1) is 23.3. The topological polar surface area (TPSA) is 135 Å². The van der Waals surface area contributed by atoms with E-state index >= 15 is 0 Å². The van der Waals surface area contributed by atoms with E-state index < -0.39 is 77.1 Å². The number of carbonyl (C=O) groups excluding carboxylic acids is 5. The van der Waals surface area contributed by atoms with Gasteiger partial charge >= 0.3 is 29.8 Å². The summed E-state index contributed by atoms with van der Waals surface area (Å²) in [5, 5.41) is 0. The molecule has 0 N–H and O–H groups in total. The predicted molar refractivity (Wildman–Crippen MR) is 184 cm³/mol. The largest absolute Gasteiger partial charge is 0.462 e. The fourth-order valence-electron chi connectivity index (χ4n) is 8.75. The average Bonchev–Trinajstić information content (AvgIpc) is 3.00. The third kappa shape index (κ3) is 7.82. The zero-order valence-electron chi connectivity index (χ0n) is 31.1. The SMILES string of the molecule is C=C1[C@@H](OC(=O)C[C@H](c2ccccc2)N(C)C)C[C@H](OC(C)=O)[C@]2(C)[C@@H]1C[C@@H]1C[C@H](OC(C)=O)C(C)=C([C@@H](OC(C)=O)[C@@H]2OC(C)=O)C1(C)C. The summed E-state index contributed by atoms with van der Waals surface area (Å²) in [5.41, 5.74) is 1.14. The first kappa shape index (κ1) is 38.8. The number of nitrogens with zero attached hydrogens (tertiary/aromatic N) is 1. The summed E-state index contributed by atoms with van der Waals surface area (Å²) in [6, 6.07) is 9.43. The van der Waals surface area contributed by atoms with Crippen LogP contribution in [0.5, 0.6) is 0 Å². The highest BCUT2D eigenvalue weighted by Crippen LogP contribution is 2.61. The fraction of sp³-hybridized carbons (Fsp3) is 0.615. The van der Waals surface area contributed by atoms with Crippen LogP contribution in [0.25, 0.3) is 0 Å². The Kier molecular flexibility index (Phi) is 11.7. The molecule has 2 bridgehead atoms. The minimum absolute atomic E-state index is 0.0574. The van der Waals surface area contributed by atoms with Crippen LogP contribution in [0.4, 0.5) is 0 Å². The lowest BCUT2D eigenvalue weighted by Crippen LogP contribution is -2.64. The summed E-state index contributed by atoms with van der Waals surface area (Å²) in [6.45, 7) is 17.5. The first-order valence-electron chi connectivity index (χ1n) is 17.3. The monoisotopic (exact) mass is 695 g/mol. The second kappa shape index (κ2) is 15.1. The minimum Gasteiger partial charge on any atom is -0.462 e. The second-order valence-electron chi connectivity index (χ2n) is 15.0. The quantitative estimate of drug-likeness (QED) is 0.180. The lowest BCUT2D eigenvalue weighted by molar-refractivity contribution is -0.212. The molecule has 0 heterocycles. The lowest BCUT2D eigenvalue weighted by atomic mass is 9.49. The molecule has 0 spiro atoms. The first-order valence-corrected chi connectivity index (χ1v) is 17.3. The Balaban J connectivity index is 1.86. The van der Waals surface area contributed by atoms with Crippen molar-refractivity contribution in [2.75, 3.05) is 14.1 Å². The molecule has 2 saturated carbocycles. The van der Waals surface area contributed by atoms with E-state index in [1.807, 2.05) is 77.0 Å². The van der Waals surface area contributed by atoms with E-state index in [0.717, 1.165) is 5.56 Å². The van der Waals surface area contributed by atoms with Crippen LogP contribution in [0.3, 0.4) is 0 Å². The van der Waals surface area contributed by atoms with Gasteiger partial charge in [0.2, 0.25) is 0 Å². The number of hydrogen-bond donors (Lipinski definition) is 0. The predicted octanol–water partition coefficient (Wildman–Crippen LogP) is 5.67. The van der Waals surface area contributed by atoms with Crippen molar-refractivity contribution in [2.24, 2.45) is 22.7 Å². The molecule has 0 saturated heterocycles. The molecule has 3 aliphatic carbocycles.